The van der Waals surface area contributed by atoms with Crippen molar-refractivity contribution in [3.63, 3.8) is 0 Å². The lowest BCUT2D eigenvalue weighted by Gasteiger charge is -2.06. The van der Waals surface area contributed by atoms with E-state index in [0.29, 0.717) is 13.0 Å². The number of amides is 1. The van der Waals surface area contributed by atoms with Crippen molar-refractivity contribution in [2.45, 2.75) is 12.8 Å². The van der Waals surface area contributed by atoms with Crippen LogP contribution in [-0.2, 0) is 11.2 Å². The van der Waals surface area contributed by atoms with Crippen LogP contribution in [0.1, 0.15) is 12.0 Å². The molecule has 0 fully saturated rings. The largest absolute Gasteiger partial charge is 0.494 e. The topological polar surface area (TPSA) is 38.3 Å². The Morgan fingerprint density at radius 3 is 3.13 bits per heavy atom. The van der Waals surface area contributed by atoms with Crippen LogP contribution in [0, 0.1) is 0 Å². The Balaban J connectivity index is 2.03. The van der Waals surface area contributed by atoms with Crippen LogP contribution in [0.3, 0.4) is 0 Å². The van der Waals surface area contributed by atoms with Gasteiger partial charge < -0.3 is 10.1 Å². The molecular weight excluding hydrogens is 258 g/mol. The lowest BCUT2D eigenvalue weighted by atomic mass is 10.1. The highest BCUT2D eigenvalue weighted by atomic mass is 79.9. The maximum absolute atomic E-state index is 11.1. The fourth-order valence-electron chi connectivity index (χ4n) is 1.54. The number of anilines is 1. The van der Waals surface area contributed by atoms with Crippen molar-refractivity contribution in [3.8, 4) is 5.75 Å². The summed E-state index contributed by atoms with van der Waals surface area (Å²) in [6, 6.07) is 5.71. The maximum atomic E-state index is 11.1. The van der Waals surface area contributed by atoms with Crippen LogP contribution in [0.5, 0.6) is 5.75 Å². The molecule has 1 amide bonds. The van der Waals surface area contributed by atoms with Gasteiger partial charge in [0.05, 0.1) is 13.0 Å². The van der Waals surface area contributed by atoms with Crippen LogP contribution in [0.2, 0.25) is 0 Å². The van der Waals surface area contributed by atoms with Gasteiger partial charge in [0.1, 0.15) is 5.75 Å². The minimum absolute atomic E-state index is 0.0580. The molecule has 80 valence electrons. The zero-order chi connectivity index (χ0) is 10.7. The van der Waals surface area contributed by atoms with Crippen LogP contribution in [0.25, 0.3) is 0 Å². The van der Waals surface area contributed by atoms with Gasteiger partial charge >= 0.3 is 0 Å². The van der Waals surface area contributed by atoms with E-state index in [2.05, 4.69) is 21.2 Å². The van der Waals surface area contributed by atoms with E-state index in [1.54, 1.807) is 0 Å². The van der Waals surface area contributed by atoms with Crippen LogP contribution >= 0.6 is 15.9 Å². The summed E-state index contributed by atoms with van der Waals surface area (Å²) < 4.78 is 5.54. The third-order valence-electron chi connectivity index (χ3n) is 2.25. The van der Waals surface area contributed by atoms with Crippen molar-refractivity contribution in [1.82, 2.24) is 0 Å². The molecule has 2 rings (SSSR count). The number of carbonyl (C=O) groups is 1. The number of rotatable bonds is 4. The predicted octanol–water partition coefficient (Wildman–Crippen LogP) is 2.34. The van der Waals surface area contributed by atoms with Crippen molar-refractivity contribution < 1.29 is 9.53 Å². The molecule has 0 aromatic heterocycles. The first-order valence-electron chi connectivity index (χ1n) is 4.91. The van der Waals surface area contributed by atoms with Gasteiger partial charge in [-0.05, 0) is 30.2 Å². The number of nitrogens with one attached hydrogen (secondary N) is 1. The summed E-state index contributed by atoms with van der Waals surface area (Å²) in [5.41, 5.74) is 1.93. The Kier molecular flexibility index (Phi) is 3.26. The highest BCUT2D eigenvalue weighted by Gasteiger charge is 2.17. The molecule has 0 saturated heterocycles. The van der Waals surface area contributed by atoms with Gasteiger partial charge in [-0.15, -0.1) is 0 Å². The summed E-state index contributed by atoms with van der Waals surface area (Å²) in [5.74, 6) is 0.897. The molecule has 1 aromatic rings. The average molecular weight is 270 g/mol. The van der Waals surface area contributed by atoms with E-state index < -0.39 is 0 Å². The number of hydrogen-bond acceptors (Lipinski definition) is 2. The van der Waals surface area contributed by atoms with E-state index in [-0.39, 0.29) is 5.91 Å². The third-order valence-corrected chi connectivity index (χ3v) is 2.81. The molecule has 15 heavy (non-hydrogen) atoms. The van der Waals surface area contributed by atoms with Gasteiger partial charge in [0.15, 0.2) is 0 Å². The molecular formula is C11H12BrNO2. The minimum Gasteiger partial charge on any atom is -0.494 e. The van der Waals surface area contributed by atoms with Gasteiger partial charge in [-0.25, -0.2) is 0 Å². The zero-order valence-corrected chi connectivity index (χ0v) is 9.84. The Morgan fingerprint density at radius 2 is 2.33 bits per heavy atom. The van der Waals surface area contributed by atoms with Gasteiger partial charge in [-0.3, -0.25) is 4.79 Å². The summed E-state index contributed by atoms with van der Waals surface area (Å²) in [4.78, 5) is 11.1. The summed E-state index contributed by atoms with van der Waals surface area (Å²) in [6.07, 6.45) is 1.44. The molecule has 1 aromatic carbocycles. The number of hydrogen-bond donors (Lipinski definition) is 1. The van der Waals surface area contributed by atoms with Crippen LogP contribution in [-0.4, -0.2) is 17.8 Å². The van der Waals surface area contributed by atoms with Gasteiger partial charge in [0, 0.05) is 11.0 Å². The van der Waals surface area contributed by atoms with E-state index in [1.807, 2.05) is 18.2 Å². The lowest BCUT2D eigenvalue weighted by Crippen LogP contribution is -2.03. The second-order valence-electron chi connectivity index (χ2n) is 3.43. The standard InChI is InChI=1S/C11H12BrNO2/c12-4-1-5-15-9-2-3-10-8(6-9)7-11(14)13-10/h2-3,6H,1,4-5,7H2,(H,13,14). The molecule has 0 aliphatic carbocycles. The fraction of sp³-hybridized carbons (Fsp3) is 0.364. The third kappa shape index (κ3) is 2.50. The first-order valence-corrected chi connectivity index (χ1v) is 6.03. The van der Waals surface area contributed by atoms with E-state index >= 15 is 0 Å². The van der Waals surface area contributed by atoms with Gasteiger partial charge in [0.25, 0.3) is 0 Å². The molecule has 1 aliphatic heterocycles. The van der Waals surface area contributed by atoms with Crippen LogP contribution < -0.4 is 10.1 Å². The molecule has 1 heterocycles. The molecule has 4 heteroatoms. The summed E-state index contributed by atoms with van der Waals surface area (Å²) >= 11 is 3.35. The molecule has 3 nitrogen and oxygen atoms in total. The second-order valence-corrected chi connectivity index (χ2v) is 4.23. The predicted molar refractivity (Wildman–Crippen MR) is 62.7 cm³/mol. The molecule has 0 unspecified atom stereocenters. The number of alkyl halides is 1. The fourth-order valence-corrected chi connectivity index (χ4v) is 1.77. The summed E-state index contributed by atoms with van der Waals surface area (Å²) in [7, 11) is 0. The molecule has 0 bridgehead atoms. The smallest absolute Gasteiger partial charge is 0.228 e. The van der Waals surface area contributed by atoms with Gasteiger partial charge in [0.2, 0.25) is 5.91 Å². The highest BCUT2D eigenvalue weighted by molar-refractivity contribution is 9.09. The first kappa shape index (κ1) is 10.5. The van der Waals surface area contributed by atoms with Crippen molar-refractivity contribution in [1.29, 1.82) is 0 Å². The second kappa shape index (κ2) is 4.66. The van der Waals surface area contributed by atoms with Gasteiger partial charge in [-0.2, -0.15) is 0 Å². The van der Waals surface area contributed by atoms with Crippen LogP contribution in [0.4, 0.5) is 5.69 Å². The lowest BCUT2D eigenvalue weighted by molar-refractivity contribution is -0.115. The molecule has 0 atom stereocenters. The Morgan fingerprint density at radius 1 is 1.47 bits per heavy atom. The molecule has 1 aliphatic rings. The summed E-state index contributed by atoms with van der Waals surface area (Å²) in [5, 5.41) is 3.73. The molecule has 1 N–H and O–H groups in total. The van der Waals surface area contributed by atoms with Crippen molar-refractivity contribution in [2.75, 3.05) is 17.3 Å². The Hall–Kier alpha value is -1.03. The monoisotopic (exact) mass is 269 g/mol. The average Bonchev–Trinajstić information content (AvgIpc) is 2.57. The number of fused-ring (bicyclic) bond motifs is 1. The van der Waals surface area contributed by atoms with E-state index in [4.69, 9.17) is 4.74 Å². The summed E-state index contributed by atoms with van der Waals surface area (Å²) in [6.45, 7) is 0.700. The number of benzene rings is 1. The van der Waals surface area contributed by atoms with E-state index in [1.165, 1.54) is 0 Å². The normalized spacial score (nSPS) is 13.5. The van der Waals surface area contributed by atoms with E-state index in [9.17, 15) is 4.79 Å². The highest BCUT2D eigenvalue weighted by Crippen LogP contribution is 2.27. The maximum Gasteiger partial charge on any atom is 0.228 e. The number of halogens is 1. The quantitative estimate of drug-likeness (QED) is 0.673. The number of ether oxygens (including phenoxy) is 1. The molecule has 0 radical (unpaired) electrons. The molecule has 0 saturated carbocycles. The van der Waals surface area contributed by atoms with Gasteiger partial charge in [-0.1, -0.05) is 15.9 Å². The van der Waals surface area contributed by atoms with Crippen molar-refractivity contribution >= 4 is 27.5 Å². The zero-order valence-electron chi connectivity index (χ0n) is 8.25. The number of carbonyl (C=O) groups excluding carboxylic acids is 1. The Bertz CT molecular complexity index is 379. The van der Waals surface area contributed by atoms with E-state index in [0.717, 1.165) is 28.8 Å². The minimum atomic E-state index is 0.0580. The van der Waals surface area contributed by atoms with Crippen molar-refractivity contribution in [3.05, 3.63) is 23.8 Å². The Labute approximate surface area is 96.9 Å². The first-order chi connectivity index (χ1) is 7.29. The SMILES string of the molecule is O=C1Cc2cc(OCCCBr)ccc2N1. The van der Waals surface area contributed by atoms with Crippen LogP contribution in [0.15, 0.2) is 18.2 Å². The molecule has 0 spiro atoms. The van der Waals surface area contributed by atoms with Crippen molar-refractivity contribution in [2.24, 2.45) is 0 Å².